The Balaban J connectivity index is 0.000000963. The van der Waals surface area contributed by atoms with Gasteiger partial charge in [0, 0.05) is 11.8 Å². The second-order valence-electron chi connectivity index (χ2n) is 8.38. The SMILES string of the molecule is CCC(C1c2ccccc2-c2ccccc21)C1c2ccccc2-c2ccccc21.[Cl-].[Cl-].[Hf+4]. The van der Waals surface area contributed by atoms with E-state index in [9.17, 15) is 0 Å². The van der Waals surface area contributed by atoms with E-state index in [2.05, 4.69) is 104 Å². The average Bonchev–Trinajstić information content (AvgIpc) is 3.29. The van der Waals surface area contributed by atoms with Crippen LogP contribution in [0.4, 0.5) is 0 Å². The summed E-state index contributed by atoms with van der Waals surface area (Å²) >= 11 is 0. The van der Waals surface area contributed by atoms with Crippen LogP contribution in [-0.4, -0.2) is 0 Å². The standard InChI is InChI=1S/C29H24.2ClH.Hf/c1-2-19(28-24-15-7-3-11-20(24)21-12-4-8-16-25(21)28)29-26-17-9-5-13-22(26)23-14-6-10-18-27(23)29;;;/h3-19,28-29H,2H2,1H3;2*1H;/q;;;+4/p-2. The number of fused-ring (bicyclic) bond motifs is 6. The van der Waals surface area contributed by atoms with Gasteiger partial charge in [0.05, 0.1) is 0 Å². The molecule has 0 aromatic heterocycles. The van der Waals surface area contributed by atoms with Gasteiger partial charge in [-0.05, 0) is 50.4 Å². The maximum atomic E-state index is 2.37. The molecule has 0 amide bonds. The van der Waals surface area contributed by atoms with Crippen molar-refractivity contribution in [2.75, 3.05) is 0 Å². The van der Waals surface area contributed by atoms with E-state index in [1.165, 1.54) is 44.5 Å². The number of hydrogen-bond acceptors (Lipinski definition) is 0. The molecule has 6 rings (SSSR count). The predicted molar refractivity (Wildman–Crippen MR) is 121 cm³/mol. The van der Waals surface area contributed by atoms with Crippen LogP contribution in [0.15, 0.2) is 97.1 Å². The normalized spacial score (nSPS) is 13.2. The van der Waals surface area contributed by atoms with Crippen molar-refractivity contribution in [3.8, 4) is 22.3 Å². The summed E-state index contributed by atoms with van der Waals surface area (Å²) in [6, 6.07) is 36.2. The summed E-state index contributed by atoms with van der Waals surface area (Å²) < 4.78 is 0. The fourth-order valence-corrected chi connectivity index (χ4v) is 5.98. The van der Waals surface area contributed by atoms with Gasteiger partial charge < -0.3 is 24.8 Å². The van der Waals surface area contributed by atoms with Gasteiger partial charge >= 0.3 is 25.8 Å². The average molecular weight is 622 g/mol. The van der Waals surface area contributed by atoms with E-state index < -0.39 is 0 Å². The quantitative estimate of drug-likeness (QED) is 0.306. The van der Waals surface area contributed by atoms with Gasteiger partial charge in [-0.3, -0.25) is 0 Å². The largest absolute Gasteiger partial charge is 4.00 e. The Morgan fingerprint density at radius 3 is 1.00 bits per heavy atom. The van der Waals surface area contributed by atoms with Gasteiger partial charge in [0.2, 0.25) is 0 Å². The molecular formula is C29H24Cl2Hf+2. The van der Waals surface area contributed by atoms with Gasteiger partial charge in [-0.2, -0.15) is 0 Å². The summed E-state index contributed by atoms with van der Waals surface area (Å²) in [4.78, 5) is 0. The van der Waals surface area contributed by atoms with Crippen molar-refractivity contribution < 1.29 is 50.7 Å². The number of rotatable bonds is 3. The fourth-order valence-electron chi connectivity index (χ4n) is 5.98. The second kappa shape index (κ2) is 10.1. The molecule has 4 aromatic rings. The van der Waals surface area contributed by atoms with Crippen LogP contribution in [0, 0.1) is 5.92 Å². The molecule has 0 bridgehead atoms. The van der Waals surface area contributed by atoms with Crippen molar-refractivity contribution in [1.82, 2.24) is 0 Å². The van der Waals surface area contributed by atoms with Crippen molar-refractivity contribution in [2.45, 2.75) is 25.2 Å². The molecule has 0 aliphatic heterocycles. The monoisotopic (exact) mass is 622 g/mol. The van der Waals surface area contributed by atoms with Gasteiger partial charge in [0.15, 0.2) is 0 Å². The van der Waals surface area contributed by atoms with Crippen LogP contribution < -0.4 is 24.8 Å². The van der Waals surface area contributed by atoms with E-state index >= 15 is 0 Å². The van der Waals surface area contributed by atoms with Gasteiger partial charge in [-0.25, -0.2) is 0 Å². The smallest absolute Gasteiger partial charge is 1.00 e. The van der Waals surface area contributed by atoms with Crippen LogP contribution in [0.2, 0.25) is 0 Å². The van der Waals surface area contributed by atoms with Gasteiger partial charge in [0.25, 0.3) is 0 Å². The van der Waals surface area contributed by atoms with Crippen LogP contribution in [0.5, 0.6) is 0 Å². The van der Waals surface area contributed by atoms with Crippen molar-refractivity contribution in [1.29, 1.82) is 0 Å². The minimum atomic E-state index is 0. The third kappa shape index (κ3) is 3.63. The summed E-state index contributed by atoms with van der Waals surface area (Å²) in [6.45, 7) is 2.37. The maximum Gasteiger partial charge on any atom is 4.00 e. The summed E-state index contributed by atoms with van der Waals surface area (Å²) in [5, 5.41) is 0. The minimum Gasteiger partial charge on any atom is -1.00 e. The molecule has 32 heavy (non-hydrogen) atoms. The molecule has 0 fully saturated rings. The second-order valence-corrected chi connectivity index (χ2v) is 8.38. The van der Waals surface area contributed by atoms with E-state index in [0.29, 0.717) is 17.8 Å². The molecule has 2 aliphatic carbocycles. The van der Waals surface area contributed by atoms with Crippen molar-refractivity contribution >= 4 is 0 Å². The van der Waals surface area contributed by atoms with E-state index in [0.717, 1.165) is 6.42 Å². The minimum absolute atomic E-state index is 0. The van der Waals surface area contributed by atoms with Crippen LogP contribution >= 0.6 is 0 Å². The zero-order valence-corrected chi connectivity index (χ0v) is 23.0. The third-order valence-electron chi connectivity index (χ3n) is 7.09. The topological polar surface area (TPSA) is 0 Å². The summed E-state index contributed by atoms with van der Waals surface area (Å²) in [7, 11) is 0. The van der Waals surface area contributed by atoms with Crippen LogP contribution in [0.1, 0.15) is 47.4 Å². The Kier molecular flexibility index (Phi) is 7.86. The zero-order valence-electron chi connectivity index (χ0n) is 17.9. The number of hydrogen-bond donors (Lipinski definition) is 0. The van der Waals surface area contributed by atoms with Gasteiger partial charge in [-0.1, -0.05) is 110 Å². The molecule has 0 saturated heterocycles. The van der Waals surface area contributed by atoms with Crippen LogP contribution in [-0.2, 0) is 25.8 Å². The Hall–Kier alpha value is -1.67. The Morgan fingerprint density at radius 2 is 0.750 bits per heavy atom. The molecule has 0 atom stereocenters. The molecule has 0 N–H and O–H groups in total. The van der Waals surface area contributed by atoms with Crippen molar-refractivity contribution in [3.63, 3.8) is 0 Å². The van der Waals surface area contributed by atoms with Crippen LogP contribution in [0.25, 0.3) is 22.3 Å². The summed E-state index contributed by atoms with van der Waals surface area (Å²) in [5.74, 6) is 1.41. The molecule has 0 spiro atoms. The fraction of sp³-hybridized carbons (Fsp3) is 0.172. The molecule has 0 radical (unpaired) electrons. The van der Waals surface area contributed by atoms with E-state index in [4.69, 9.17) is 0 Å². The molecule has 0 nitrogen and oxygen atoms in total. The van der Waals surface area contributed by atoms with Crippen molar-refractivity contribution in [3.05, 3.63) is 119 Å². The number of halogens is 2. The molecule has 0 heterocycles. The van der Waals surface area contributed by atoms with Crippen LogP contribution in [0.3, 0.4) is 0 Å². The molecule has 0 unspecified atom stereocenters. The van der Waals surface area contributed by atoms with Gasteiger partial charge in [-0.15, -0.1) is 0 Å². The molecule has 0 saturated carbocycles. The Bertz CT molecular complexity index is 1050. The maximum absolute atomic E-state index is 2.37. The van der Waals surface area contributed by atoms with Gasteiger partial charge in [0.1, 0.15) is 0 Å². The van der Waals surface area contributed by atoms with E-state index in [1.807, 2.05) is 0 Å². The molecule has 2 aliphatic rings. The predicted octanol–water partition coefficient (Wildman–Crippen LogP) is 1.64. The molecule has 3 heteroatoms. The number of benzene rings is 4. The first-order valence-corrected chi connectivity index (χ1v) is 10.7. The van der Waals surface area contributed by atoms with Crippen molar-refractivity contribution in [2.24, 2.45) is 5.92 Å². The zero-order chi connectivity index (χ0) is 19.4. The summed E-state index contributed by atoms with van der Waals surface area (Å²) in [6.07, 6.45) is 1.15. The summed E-state index contributed by atoms with van der Waals surface area (Å²) in [5.41, 5.74) is 11.7. The first-order chi connectivity index (χ1) is 14.4. The molecule has 4 aromatic carbocycles. The molecular weight excluding hydrogens is 598 g/mol. The first-order valence-electron chi connectivity index (χ1n) is 10.7. The Morgan fingerprint density at radius 1 is 0.500 bits per heavy atom. The van der Waals surface area contributed by atoms with E-state index in [1.54, 1.807) is 0 Å². The van der Waals surface area contributed by atoms with E-state index in [-0.39, 0.29) is 50.7 Å². The Labute approximate surface area is 222 Å². The first kappa shape index (κ1) is 25.0. The third-order valence-corrected chi connectivity index (χ3v) is 7.09. The molecule has 156 valence electrons.